The number of ketones is 1. The van der Waals surface area contributed by atoms with E-state index in [-0.39, 0.29) is 21.7 Å². The van der Waals surface area contributed by atoms with Gasteiger partial charge < -0.3 is 0 Å². The van der Waals surface area contributed by atoms with E-state index < -0.39 is 17.0 Å². The third kappa shape index (κ3) is 3.17. The number of carbonyl (C=O) groups is 1. The molecule has 1 N–H and O–H groups in total. The fraction of sp³-hybridized carbons (Fsp3) is 0.0909. The van der Waals surface area contributed by atoms with Crippen LogP contribution in [0.5, 0.6) is 0 Å². The van der Waals surface area contributed by atoms with Gasteiger partial charge in [0, 0.05) is 5.56 Å². The molecule has 0 radical (unpaired) electrons. The van der Waals surface area contributed by atoms with Gasteiger partial charge in [-0.2, -0.15) is 5.10 Å². The number of Topliss-reactive ketones (excluding diaryl/α,β-unsaturated/α-hetero) is 1. The van der Waals surface area contributed by atoms with Crippen LogP contribution in [0.1, 0.15) is 10.4 Å². The summed E-state index contributed by atoms with van der Waals surface area (Å²) >= 11 is 14.5. The van der Waals surface area contributed by atoms with E-state index in [1.54, 1.807) is 0 Å². The van der Waals surface area contributed by atoms with Crippen molar-refractivity contribution in [3.63, 3.8) is 0 Å². The van der Waals surface area contributed by atoms with Gasteiger partial charge in [-0.1, -0.05) is 23.2 Å². The minimum atomic E-state index is -0.772. The van der Waals surface area contributed by atoms with Crippen LogP contribution in [0.25, 0.3) is 0 Å². The molecule has 9 heteroatoms. The van der Waals surface area contributed by atoms with E-state index in [0.717, 1.165) is 4.68 Å². The van der Waals surface area contributed by atoms with Gasteiger partial charge in [-0.15, -0.1) is 0 Å². The Bertz CT molecular complexity index is 800. The maximum absolute atomic E-state index is 12.0. The molecule has 0 amide bonds. The summed E-state index contributed by atoms with van der Waals surface area (Å²) in [5, 5.41) is 4.24. The molecule has 104 valence electrons. The average molecular weight is 379 g/mol. The van der Waals surface area contributed by atoms with Crippen molar-refractivity contribution in [3.8, 4) is 0 Å². The highest BCUT2D eigenvalue weighted by Crippen LogP contribution is 2.22. The maximum atomic E-state index is 12.0. The number of carbonyl (C=O) groups excluding carboxylic acids is 1. The molecule has 0 fully saturated rings. The van der Waals surface area contributed by atoms with Crippen LogP contribution in [-0.2, 0) is 6.54 Å². The standard InChI is InChI=1S/C11H6BrCl2N3O3/c12-9-10(19)15-11(20)17(16-9)4-8(18)5-1-2-6(13)7(14)3-5/h1-3H,4H2,(H,15,19,20). The number of rotatable bonds is 3. The topological polar surface area (TPSA) is 84.8 Å². The first-order valence-corrected chi connectivity index (χ1v) is 6.78. The van der Waals surface area contributed by atoms with Crippen LogP contribution in [0.15, 0.2) is 32.4 Å². The van der Waals surface area contributed by atoms with E-state index in [4.69, 9.17) is 23.2 Å². The molecule has 1 aromatic heterocycles. The van der Waals surface area contributed by atoms with Gasteiger partial charge in [-0.05, 0) is 34.1 Å². The van der Waals surface area contributed by atoms with Crippen molar-refractivity contribution >= 4 is 44.9 Å². The maximum Gasteiger partial charge on any atom is 0.345 e. The van der Waals surface area contributed by atoms with Crippen molar-refractivity contribution in [3.05, 3.63) is 59.2 Å². The molecule has 0 saturated carbocycles. The molecule has 0 atom stereocenters. The van der Waals surface area contributed by atoms with Crippen LogP contribution in [0, 0.1) is 0 Å². The van der Waals surface area contributed by atoms with Gasteiger partial charge in [0.25, 0.3) is 5.56 Å². The Hall–Kier alpha value is -1.44. The predicted molar refractivity (Wildman–Crippen MR) is 77.6 cm³/mol. The van der Waals surface area contributed by atoms with Crippen LogP contribution >= 0.6 is 39.1 Å². The van der Waals surface area contributed by atoms with Gasteiger partial charge in [-0.3, -0.25) is 14.6 Å². The third-order valence-corrected chi connectivity index (χ3v) is 3.64. The molecule has 0 aliphatic rings. The van der Waals surface area contributed by atoms with E-state index in [9.17, 15) is 14.4 Å². The molecule has 1 aromatic carbocycles. The van der Waals surface area contributed by atoms with Crippen LogP contribution in [0.4, 0.5) is 0 Å². The molecular formula is C11H6BrCl2N3O3. The Morgan fingerprint density at radius 3 is 2.65 bits per heavy atom. The van der Waals surface area contributed by atoms with Crippen LogP contribution in [0.3, 0.4) is 0 Å². The van der Waals surface area contributed by atoms with E-state index in [0.29, 0.717) is 5.02 Å². The van der Waals surface area contributed by atoms with Crippen molar-refractivity contribution in [1.82, 2.24) is 14.8 Å². The van der Waals surface area contributed by atoms with Crippen molar-refractivity contribution in [2.75, 3.05) is 0 Å². The molecular weight excluding hydrogens is 373 g/mol. The summed E-state index contributed by atoms with van der Waals surface area (Å²) in [5.41, 5.74) is -1.14. The lowest BCUT2D eigenvalue weighted by atomic mass is 10.1. The van der Waals surface area contributed by atoms with E-state index in [2.05, 4.69) is 21.0 Å². The van der Waals surface area contributed by atoms with E-state index >= 15 is 0 Å². The third-order valence-electron chi connectivity index (χ3n) is 2.39. The predicted octanol–water partition coefficient (Wildman–Crippen LogP) is 1.88. The highest BCUT2D eigenvalue weighted by molar-refractivity contribution is 9.10. The Kier molecular flexibility index (Phi) is 4.42. The van der Waals surface area contributed by atoms with Gasteiger partial charge in [0.1, 0.15) is 6.54 Å². The monoisotopic (exact) mass is 377 g/mol. The van der Waals surface area contributed by atoms with Crippen molar-refractivity contribution in [2.45, 2.75) is 6.54 Å². The second kappa shape index (κ2) is 5.90. The van der Waals surface area contributed by atoms with Crippen molar-refractivity contribution in [1.29, 1.82) is 0 Å². The average Bonchev–Trinajstić information content (AvgIpc) is 2.39. The number of nitrogens with zero attached hydrogens (tertiary/aromatic N) is 2. The zero-order valence-electron chi connectivity index (χ0n) is 9.69. The largest absolute Gasteiger partial charge is 0.345 e. The molecule has 0 aliphatic heterocycles. The van der Waals surface area contributed by atoms with Gasteiger partial charge in [0.2, 0.25) is 0 Å². The summed E-state index contributed by atoms with van der Waals surface area (Å²) < 4.78 is 0.759. The zero-order valence-corrected chi connectivity index (χ0v) is 12.8. The number of aromatic nitrogens is 3. The van der Waals surface area contributed by atoms with Gasteiger partial charge in [0.15, 0.2) is 10.4 Å². The minimum absolute atomic E-state index is 0.0842. The lowest BCUT2D eigenvalue weighted by Crippen LogP contribution is -2.34. The summed E-state index contributed by atoms with van der Waals surface area (Å²) in [6, 6.07) is 4.37. The molecule has 0 bridgehead atoms. The summed E-state index contributed by atoms with van der Waals surface area (Å²) in [7, 11) is 0. The van der Waals surface area contributed by atoms with Crippen LogP contribution in [0.2, 0.25) is 10.0 Å². The quantitative estimate of drug-likeness (QED) is 0.826. The number of H-pyrrole nitrogens is 1. The normalized spacial score (nSPS) is 10.6. The summed E-state index contributed by atoms with van der Waals surface area (Å²) in [5.74, 6) is -0.392. The van der Waals surface area contributed by atoms with Gasteiger partial charge >= 0.3 is 5.69 Å². The molecule has 0 unspecified atom stereocenters. The van der Waals surface area contributed by atoms with Crippen molar-refractivity contribution < 1.29 is 4.79 Å². The van der Waals surface area contributed by atoms with Gasteiger partial charge in [-0.25, -0.2) is 9.48 Å². The SMILES string of the molecule is O=C(Cn1nc(Br)c(=O)[nH]c1=O)c1ccc(Cl)c(Cl)c1. The number of aromatic amines is 1. The molecule has 6 nitrogen and oxygen atoms in total. The second-order valence-corrected chi connectivity index (χ2v) is 5.33. The molecule has 2 aromatic rings. The Morgan fingerprint density at radius 2 is 2.00 bits per heavy atom. The summed E-state index contributed by atoms with van der Waals surface area (Å²) in [6.07, 6.45) is 0. The lowest BCUT2D eigenvalue weighted by molar-refractivity contribution is 0.0964. The number of halogens is 3. The fourth-order valence-electron chi connectivity index (χ4n) is 1.41. The number of hydrogen-bond acceptors (Lipinski definition) is 4. The molecule has 1 heterocycles. The molecule has 0 spiro atoms. The second-order valence-electron chi connectivity index (χ2n) is 3.76. The summed E-state index contributed by atoms with van der Waals surface area (Å²) in [6.45, 7) is -0.327. The highest BCUT2D eigenvalue weighted by atomic mass is 79.9. The number of nitrogens with one attached hydrogen (secondary N) is 1. The molecule has 0 aliphatic carbocycles. The van der Waals surface area contributed by atoms with E-state index in [1.165, 1.54) is 18.2 Å². The Morgan fingerprint density at radius 1 is 1.30 bits per heavy atom. The Balaban J connectivity index is 2.32. The number of benzene rings is 1. The first kappa shape index (κ1) is 15.0. The molecule has 20 heavy (non-hydrogen) atoms. The number of hydrogen-bond donors (Lipinski definition) is 1. The Labute approximate surface area is 130 Å². The molecule has 0 saturated heterocycles. The molecule has 2 rings (SSSR count). The van der Waals surface area contributed by atoms with Crippen LogP contribution < -0.4 is 11.2 Å². The minimum Gasteiger partial charge on any atom is -0.292 e. The van der Waals surface area contributed by atoms with Crippen molar-refractivity contribution in [2.24, 2.45) is 0 Å². The fourth-order valence-corrected chi connectivity index (χ4v) is 2.00. The van der Waals surface area contributed by atoms with E-state index in [1.807, 2.05) is 4.98 Å². The first-order valence-electron chi connectivity index (χ1n) is 5.23. The lowest BCUT2D eigenvalue weighted by Gasteiger charge is -2.04. The summed E-state index contributed by atoms with van der Waals surface area (Å²) in [4.78, 5) is 36.7. The smallest absolute Gasteiger partial charge is 0.292 e. The van der Waals surface area contributed by atoms with Crippen LogP contribution in [-0.4, -0.2) is 20.5 Å². The highest BCUT2D eigenvalue weighted by Gasteiger charge is 2.12. The van der Waals surface area contributed by atoms with Gasteiger partial charge in [0.05, 0.1) is 10.0 Å². The zero-order chi connectivity index (χ0) is 14.9. The first-order chi connectivity index (χ1) is 9.38.